The van der Waals surface area contributed by atoms with Gasteiger partial charge in [-0.2, -0.15) is 0 Å². The molecule has 2 aromatic carbocycles. The molecule has 2 aromatic rings. The first kappa shape index (κ1) is 25.3. The second-order valence-corrected chi connectivity index (χ2v) is 12.2. The Morgan fingerprint density at radius 3 is 1.93 bits per heavy atom. The summed E-state index contributed by atoms with van der Waals surface area (Å²) in [6.07, 6.45) is 3.71. The topological polar surface area (TPSA) is 0 Å². The fraction of sp³-hybridized carbons (Fsp3) is 0.308. The smallest absolute Gasteiger partial charge is 1.00 e. The largest absolute Gasteiger partial charge is 1.00 e. The normalized spacial score (nSPS) is 19.2. The van der Waals surface area contributed by atoms with Crippen LogP contribution in [0.15, 0.2) is 76.9 Å². The molecule has 0 radical (unpaired) electrons. The van der Waals surface area contributed by atoms with Crippen molar-refractivity contribution in [3.8, 4) is 0 Å². The van der Waals surface area contributed by atoms with E-state index in [9.17, 15) is 0 Å². The van der Waals surface area contributed by atoms with Crippen molar-refractivity contribution in [2.45, 2.75) is 47.8 Å². The molecular formula is C26H28I2Zr. The van der Waals surface area contributed by atoms with Crippen LogP contribution in [0.25, 0.3) is 11.6 Å². The summed E-state index contributed by atoms with van der Waals surface area (Å²) in [6.45, 7) is 11.9. The summed E-state index contributed by atoms with van der Waals surface area (Å²) in [5.74, 6) is 0. The van der Waals surface area contributed by atoms with E-state index in [0.717, 1.165) is 0 Å². The summed E-state index contributed by atoms with van der Waals surface area (Å²) in [6, 6.07) is 20.1. The molecule has 0 amide bonds. The van der Waals surface area contributed by atoms with Crippen molar-refractivity contribution in [3.63, 3.8) is 0 Å². The molecule has 0 heterocycles. The maximum absolute atomic E-state index is 2.46. The summed E-state index contributed by atoms with van der Waals surface area (Å²) < 4.78 is 0.976. The molecule has 0 aromatic heterocycles. The van der Waals surface area contributed by atoms with Crippen LogP contribution >= 0.6 is 0 Å². The minimum atomic E-state index is -0.854. The molecule has 29 heavy (non-hydrogen) atoms. The Bertz CT molecular complexity index is 959. The Balaban J connectivity index is 0.00000150. The molecule has 0 N–H and O–H groups in total. The van der Waals surface area contributed by atoms with Gasteiger partial charge < -0.3 is 48.0 Å². The van der Waals surface area contributed by atoms with Crippen LogP contribution in [0.3, 0.4) is 0 Å². The number of rotatable bonds is 4. The van der Waals surface area contributed by atoms with E-state index < -0.39 is 23.2 Å². The zero-order valence-electron chi connectivity index (χ0n) is 17.8. The number of fused-ring (bicyclic) bond motifs is 1. The van der Waals surface area contributed by atoms with Crippen LogP contribution < -0.4 is 48.0 Å². The molecule has 0 saturated carbocycles. The minimum Gasteiger partial charge on any atom is -1.00 e. The van der Waals surface area contributed by atoms with Gasteiger partial charge in [-0.25, -0.2) is 0 Å². The molecular weight excluding hydrogens is 657 g/mol. The van der Waals surface area contributed by atoms with Gasteiger partial charge in [0.25, 0.3) is 0 Å². The van der Waals surface area contributed by atoms with Crippen LogP contribution in [0.2, 0.25) is 3.12 Å². The van der Waals surface area contributed by atoms with E-state index in [2.05, 4.69) is 95.3 Å². The van der Waals surface area contributed by atoms with E-state index in [4.69, 9.17) is 0 Å². The summed E-state index contributed by atoms with van der Waals surface area (Å²) in [5, 5.41) is 0. The summed E-state index contributed by atoms with van der Waals surface area (Å²) in [7, 11) is 0. The molecule has 0 bridgehead atoms. The van der Waals surface area contributed by atoms with Crippen molar-refractivity contribution in [1.29, 1.82) is 0 Å². The molecule has 4 rings (SSSR count). The minimum absolute atomic E-state index is 0. The van der Waals surface area contributed by atoms with Gasteiger partial charge in [-0.1, -0.05) is 0 Å². The quantitative estimate of drug-likeness (QED) is 0.430. The van der Waals surface area contributed by atoms with Crippen LogP contribution in [-0.4, -0.2) is 0 Å². The van der Waals surface area contributed by atoms with Crippen molar-refractivity contribution in [1.82, 2.24) is 0 Å². The Morgan fingerprint density at radius 1 is 0.793 bits per heavy atom. The van der Waals surface area contributed by atoms with Crippen molar-refractivity contribution >= 4 is 11.6 Å². The first-order chi connectivity index (χ1) is 13.0. The van der Waals surface area contributed by atoms with E-state index >= 15 is 0 Å². The van der Waals surface area contributed by atoms with Crippen LogP contribution in [0, 0.1) is 0 Å². The first-order valence-electron chi connectivity index (χ1n) is 9.99. The second kappa shape index (κ2) is 10.1. The van der Waals surface area contributed by atoms with Gasteiger partial charge in [0.05, 0.1) is 0 Å². The number of hydrogen-bond donors (Lipinski definition) is 0. The van der Waals surface area contributed by atoms with Gasteiger partial charge in [0.15, 0.2) is 0 Å². The molecule has 0 aliphatic heterocycles. The van der Waals surface area contributed by atoms with Crippen LogP contribution in [0.1, 0.15) is 61.4 Å². The van der Waals surface area contributed by atoms with Crippen molar-refractivity contribution in [3.05, 3.63) is 93.6 Å². The monoisotopic (exact) mass is 684 g/mol. The van der Waals surface area contributed by atoms with Crippen molar-refractivity contribution in [2.75, 3.05) is 0 Å². The number of halogens is 2. The number of hydrogen-bond acceptors (Lipinski definition) is 0. The number of allylic oxidation sites excluding steroid dienone is 5. The van der Waals surface area contributed by atoms with Crippen LogP contribution in [-0.2, 0) is 23.2 Å². The van der Waals surface area contributed by atoms with Gasteiger partial charge in [0.1, 0.15) is 0 Å². The predicted octanol–water partition coefficient (Wildman–Crippen LogP) is 1.63. The van der Waals surface area contributed by atoms with Gasteiger partial charge in [0.2, 0.25) is 0 Å². The Hall–Kier alpha value is 0.00312. The molecule has 1 unspecified atom stereocenters. The fourth-order valence-electron chi connectivity index (χ4n) is 4.94. The van der Waals surface area contributed by atoms with Gasteiger partial charge in [0, 0.05) is 0 Å². The molecule has 0 fully saturated rings. The predicted molar refractivity (Wildman–Crippen MR) is 113 cm³/mol. The van der Waals surface area contributed by atoms with E-state index in [-0.39, 0.29) is 48.0 Å². The molecule has 2 aliphatic rings. The zero-order chi connectivity index (χ0) is 19.2. The van der Waals surface area contributed by atoms with Crippen LogP contribution in [0.5, 0.6) is 0 Å². The maximum Gasteiger partial charge on any atom is -1.00 e. The molecule has 1 atom stereocenters. The standard InChI is InChI=1S/C15H11.C11H17.2HI.Zr/c1-2-6-12(7-3-1)15-10-13-8-4-5-9-14(13)11-15;1-6-11-9(4)7(2)8(3)10(11)5;;;/h1-11H;6H2,1-5H3;2*1H;/q;;;;+2/p-2. The third kappa shape index (κ3) is 4.22. The average Bonchev–Trinajstić information content (AvgIpc) is 3.15. The Kier molecular flexibility index (Phi) is 8.78. The summed E-state index contributed by atoms with van der Waals surface area (Å²) >= 11 is -0.854. The van der Waals surface area contributed by atoms with Gasteiger partial charge in [-0.05, 0) is 0 Å². The first-order valence-corrected chi connectivity index (χ1v) is 12.6. The van der Waals surface area contributed by atoms with Crippen LogP contribution in [0.4, 0.5) is 0 Å². The number of benzene rings is 2. The Morgan fingerprint density at radius 2 is 1.34 bits per heavy atom. The fourth-order valence-corrected chi connectivity index (χ4v) is 10.7. The summed E-state index contributed by atoms with van der Waals surface area (Å²) in [5.41, 5.74) is 12.4. The molecule has 0 nitrogen and oxygen atoms in total. The maximum atomic E-state index is 2.46. The van der Waals surface area contributed by atoms with Gasteiger partial charge in [-0.3, -0.25) is 0 Å². The summed E-state index contributed by atoms with van der Waals surface area (Å²) in [4.78, 5) is 0. The molecule has 150 valence electrons. The van der Waals surface area contributed by atoms with E-state index in [1.165, 1.54) is 17.5 Å². The second-order valence-electron chi connectivity index (χ2n) is 7.93. The average molecular weight is 686 g/mol. The van der Waals surface area contributed by atoms with E-state index in [1.807, 2.05) is 0 Å². The van der Waals surface area contributed by atoms with E-state index in [0.29, 0.717) is 6.75 Å². The zero-order valence-corrected chi connectivity index (χ0v) is 24.6. The van der Waals surface area contributed by atoms with Gasteiger partial charge in [-0.15, -0.1) is 0 Å². The van der Waals surface area contributed by atoms with Gasteiger partial charge >= 0.3 is 176 Å². The van der Waals surface area contributed by atoms with Crippen molar-refractivity contribution in [2.24, 2.45) is 0 Å². The third-order valence-corrected chi connectivity index (χ3v) is 13.1. The third-order valence-electron chi connectivity index (χ3n) is 6.93. The molecule has 2 aliphatic carbocycles. The Labute approximate surface area is 222 Å². The molecule has 0 saturated heterocycles. The van der Waals surface area contributed by atoms with E-state index in [1.54, 1.807) is 33.4 Å². The van der Waals surface area contributed by atoms with Crippen molar-refractivity contribution < 1.29 is 71.2 Å². The SMILES string of the molecule is CC[C]1([Zr+2][CH]2C(c3ccccc3)=Cc3ccccc32)C(C)=C(C)C(C)=C1C.[I-].[I-]. The molecule has 0 spiro atoms. The molecule has 3 heteroatoms.